The van der Waals surface area contributed by atoms with Crippen molar-refractivity contribution in [3.63, 3.8) is 0 Å². The quantitative estimate of drug-likeness (QED) is 0.321. The molecule has 1 aliphatic rings. The summed E-state index contributed by atoms with van der Waals surface area (Å²) in [4.78, 5) is 35.7. The van der Waals surface area contributed by atoms with Gasteiger partial charge in [0.05, 0.1) is 7.11 Å². The zero-order chi connectivity index (χ0) is 14.3. The fourth-order valence-corrected chi connectivity index (χ4v) is 2.62. The second kappa shape index (κ2) is 7.87. The van der Waals surface area contributed by atoms with Crippen LogP contribution in [0.1, 0.15) is 44.9 Å². The molecule has 19 heavy (non-hydrogen) atoms. The predicted molar refractivity (Wildman–Crippen MR) is 71.5 cm³/mol. The van der Waals surface area contributed by atoms with Gasteiger partial charge in [-0.2, -0.15) is 0 Å². The average Bonchev–Trinajstić information content (AvgIpc) is 2.61. The summed E-state index contributed by atoms with van der Waals surface area (Å²) in [5.74, 6) is -1.47. The number of Topliss-reactive ketones (excluding diaryl/α,β-unsaturated/α-hetero) is 2. The second-order valence-corrected chi connectivity index (χ2v) is 5.04. The highest BCUT2D eigenvalue weighted by atomic mass is 16.5. The van der Waals surface area contributed by atoms with E-state index in [0.29, 0.717) is 19.3 Å². The summed E-state index contributed by atoms with van der Waals surface area (Å²) in [6.45, 7) is 3.57. The van der Waals surface area contributed by atoms with Crippen LogP contribution in [0.2, 0.25) is 0 Å². The Bertz CT molecular complexity index is 359. The lowest BCUT2D eigenvalue weighted by Crippen LogP contribution is -2.33. The smallest absolute Gasteiger partial charge is 0.316 e. The lowest BCUT2D eigenvalue weighted by Gasteiger charge is -2.22. The Kier molecular flexibility index (Phi) is 6.46. The molecule has 4 nitrogen and oxygen atoms in total. The van der Waals surface area contributed by atoms with Crippen LogP contribution in [-0.2, 0) is 19.1 Å². The first-order valence-electron chi connectivity index (χ1n) is 6.83. The maximum absolute atomic E-state index is 12.2. The SMILES string of the molecule is C=CCCC(=O)C(C(=O)OC)[C@H]1CCCCC(=O)C1. The number of esters is 1. The maximum atomic E-state index is 12.2. The molecule has 0 N–H and O–H groups in total. The van der Waals surface area contributed by atoms with Crippen molar-refractivity contribution in [3.8, 4) is 0 Å². The third-order valence-corrected chi connectivity index (χ3v) is 3.64. The highest BCUT2D eigenvalue weighted by Crippen LogP contribution is 2.30. The number of hydrogen-bond donors (Lipinski definition) is 0. The van der Waals surface area contributed by atoms with E-state index in [1.54, 1.807) is 6.08 Å². The van der Waals surface area contributed by atoms with E-state index in [4.69, 9.17) is 4.74 Å². The van der Waals surface area contributed by atoms with E-state index in [2.05, 4.69) is 6.58 Å². The molecule has 0 radical (unpaired) electrons. The van der Waals surface area contributed by atoms with Gasteiger partial charge in [0.15, 0.2) is 0 Å². The molecule has 0 amide bonds. The molecule has 1 rings (SSSR count). The minimum atomic E-state index is -0.785. The van der Waals surface area contributed by atoms with Crippen molar-refractivity contribution in [2.24, 2.45) is 11.8 Å². The van der Waals surface area contributed by atoms with Gasteiger partial charge in [-0.15, -0.1) is 6.58 Å². The minimum absolute atomic E-state index is 0.133. The van der Waals surface area contributed by atoms with Gasteiger partial charge in [-0.1, -0.05) is 12.5 Å². The number of carbonyl (C=O) groups excluding carboxylic acids is 3. The molecule has 106 valence electrons. The number of carbonyl (C=O) groups is 3. The van der Waals surface area contributed by atoms with Crippen molar-refractivity contribution in [2.45, 2.75) is 44.9 Å². The topological polar surface area (TPSA) is 60.4 Å². The summed E-state index contributed by atoms with van der Waals surface area (Å²) in [5, 5.41) is 0. The number of rotatable bonds is 6. The van der Waals surface area contributed by atoms with Gasteiger partial charge in [0, 0.05) is 19.3 Å². The standard InChI is InChI=1S/C15H22O4/c1-3-4-9-13(17)14(15(18)19-2)11-7-5-6-8-12(16)10-11/h3,11,14H,1,4-10H2,2H3/t11-,14?/m0/s1. The molecule has 4 heteroatoms. The molecule has 2 atom stereocenters. The van der Waals surface area contributed by atoms with E-state index in [0.717, 1.165) is 19.3 Å². The number of ether oxygens (including phenoxy) is 1. The third kappa shape index (κ3) is 4.62. The first-order valence-corrected chi connectivity index (χ1v) is 6.83. The van der Waals surface area contributed by atoms with Crippen LogP contribution in [0.25, 0.3) is 0 Å². The van der Waals surface area contributed by atoms with Crippen LogP contribution in [0, 0.1) is 11.8 Å². The number of methoxy groups -OCH3 is 1. The molecule has 0 saturated heterocycles. The zero-order valence-electron chi connectivity index (χ0n) is 11.5. The van der Waals surface area contributed by atoms with Crippen molar-refractivity contribution < 1.29 is 19.1 Å². The molecule has 0 aromatic rings. The van der Waals surface area contributed by atoms with Gasteiger partial charge in [0.1, 0.15) is 17.5 Å². The Morgan fingerprint density at radius 1 is 1.47 bits per heavy atom. The second-order valence-electron chi connectivity index (χ2n) is 5.04. The van der Waals surface area contributed by atoms with Crippen LogP contribution >= 0.6 is 0 Å². The Morgan fingerprint density at radius 3 is 2.84 bits per heavy atom. The minimum Gasteiger partial charge on any atom is -0.468 e. The summed E-state index contributed by atoms with van der Waals surface area (Å²) >= 11 is 0. The zero-order valence-corrected chi connectivity index (χ0v) is 11.5. The van der Waals surface area contributed by atoms with Gasteiger partial charge >= 0.3 is 5.97 Å². The van der Waals surface area contributed by atoms with Crippen LogP contribution < -0.4 is 0 Å². The van der Waals surface area contributed by atoms with E-state index in [9.17, 15) is 14.4 Å². The summed E-state index contributed by atoms with van der Waals surface area (Å²) in [6.07, 6.45) is 5.85. The van der Waals surface area contributed by atoms with Crippen LogP contribution in [0.4, 0.5) is 0 Å². The first-order chi connectivity index (χ1) is 9.10. The molecule has 0 spiro atoms. The van der Waals surface area contributed by atoms with E-state index < -0.39 is 11.9 Å². The average molecular weight is 266 g/mol. The molecule has 0 aromatic heterocycles. The largest absolute Gasteiger partial charge is 0.468 e. The van der Waals surface area contributed by atoms with Crippen LogP contribution in [0.3, 0.4) is 0 Å². The Morgan fingerprint density at radius 2 is 2.21 bits per heavy atom. The fraction of sp³-hybridized carbons (Fsp3) is 0.667. The van der Waals surface area contributed by atoms with Crippen molar-refractivity contribution >= 4 is 17.5 Å². The molecule has 0 bridgehead atoms. The molecule has 0 aliphatic heterocycles. The van der Waals surface area contributed by atoms with Crippen LogP contribution in [-0.4, -0.2) is 24.6 Å². The van der Waals surface area contributed by atoms with E-state index in [1.807, 2.05) is 0 Å². The molecule has 1 fully saturated rings. The number of ketones is 2. The molecule has 0 aromatic carbocycles. The van der Waals surface area contributed by atoms with Gasteiger partial charge in [0.2, 0.25) is 0 Å². The Labute approximate surface area is 114 Å². The normalized spacial score (nSPS) is 21.3. The summed E-state index contributed by atoms with van der Waals surface area (Å²) in [7, 11) is 1.29. The highest BCUT2D eigenvalue weighted by molar-refractivity contribution is 5.99. The Balaban J connectivity index is 2.82. The Hall–Kier alpha value is -1.45. The fourth-order valence-electron chi connectivity index (χ4n) is 2.62. The van der Waals surface area contributed by atoms with Crippen molar-refractivity contribution in [2.75, 3.05) is 7.11 Å². The van der Waals surface area contributed by atoms with Gasteiger partial charge in [-0.3, -0.25) is 14.4 Å². The van der Waals surface area contributed by atoms with E-state index >= 15 is 0 Å². The lowest BCUT2D eigenvalue weighted by atomic mass is 9.82. The van der Waals surface area contributed by atoms with Gasteiger partial charge < -0.3 is 4.74 Å². The van der Waals surface area contributed by atoms with Crippen LogP contribution in [0.15, 0.2) is 12.7 Å². The van der Waals surface area contributed by atoms with E-state index in [-0.39, 0.29) is 23.9 Å². The predicted octanol–water partition coefficient (Wildman–Crippen LogP) is 2.46. The number of allylic oxidation sites excluding steroid dienone is 1. The number of hydrogen-bond acceptors (Lipinski definition) is 4. The highest BCUT2D eigenvalue weighted by Gasteiger charge is 2.36. The summed E-state index contributed by atoms with van der Waals surface area (Å²) in [5.41, 5.74) is 0. The molecule has 1 aliphatic carbocycles. The van der Waals surface area contributed by atoms with Crippen molar-refractivity contribution in [1.29, 1.82) is 0 Å². The van der Waals surface area contributed by atoms with Gasteiger partial charge in [-0.05, 0) is 25.2 Å². The summed E-state index contributed by atoms with van der Waals surface area (Å²) in [6, 6.07) is 0. The molecule has 1 unspecified atom stereocenters. The third-order valence-electron chi connectivity index (χ3n) is 3.64. The van der Waals surface area contributed by atoms with Crippen LogP contribution in [0.5, 0.6) is 0 Å². The van der Waals surface area contributed by atoms with Crippen molar-refractivity contribution in [3.05, 3.63) is 12.7 Å². The monoisotopic (exact) mass is 266 g/mol. The summed E-state index contributed by atoms with van der Waals surface area (Å²) < 4.78 is 4.75. The molecular formula is C15H22O4. The lowest BCUT2D eigenvalue weighted by molar-refractivity contribution is -0.152. The van der Waals surface area contributed by atoms with Gasteiger partial charge in [0.25, 0.3) is 0 Å². The van der Waals surface area contributed by atoms with Crippen molar-refractivity contribution in [1.82, 2.24) is 0 Å². The molecule has 1 saturated carbocycles. The van der Waals surface area contributed by atoms with E-state index in [1.165, 1.54) is 7.11 Å². The first kappa shape index (κ1) is 15.6. The van der Waals surface area contributed by atoms with Gasteiger partial charge in [-0.25, -0.2) is 0 Å². The molecule has 0 heterocycles. The molecular weight excluding hydrogens is 244 g/mol. The maximum Gasteiger partial charge on any atom is 0.316 e.